The molecule has 0 fully saturated rings. The number of amides is 2. The minimum absolute atomic E-state index is 0.0800. The first-order chi connectivity index (χ1) is 13.5. The summed E-state index contributed by atoms with van der Waals surface area (Å²) in [4.78, 5) is 24.0. The van der Waals surface area contributed by atoms with Crippen molar-refractivity contribution in [2.45, 2.75) is 46.6 Å². The fourth-order valence-corrected chi connectivity index (χ4v) is 2.55. The molecule has 6 nitrogen and oxygen atoms in total. The molecule has 0 atom stereocenters. The Balaban J connectivity index is 1.90. The van der Waals surface area contributed by atoms with E-state index in [1.165, 1.54) is 12.1 Å². The summed E-state index contributed by atoms with van der Waals surface area (Å²) >= 11 is 0. The van der Waals surface area contributed by atoms with Crippen molar-refractivity contribution in [2.75, 3.05) is 17.2 Å². The maximum Gasteiger partial charge on any atom is 0.412 e. The lowest BCUT2D eigenvalue weighted by molar-refractivity contribution is -0.116. The first-order valence-electron chi connectivity index (χ1n) is 9.33. The molecule has 29 heavy (non-hydrogen) atoms. The van der Waals surface area contributed by atoms with Gasteiger partial charge in [0.05, 0.1) is 18.7 Å². The second-order valence-electron chi connectivity index (χ2n) is 7.74. The predicted octanol–water partition coefficient (Wildman–Crippen LogP) is 5.20. The van der Waals surface area contributed by atoms with E-state index in [0.717, 1.165) is 22.9 Å². The molecule has 0 aliphatic carbocycles. The molecule has 156 valence electrons. The van der Waals surface area contributed by atoms with Crippen LogP contribution in [0.3, 0.4) is 0 Å². The highest BCUT2D eigenvalue weighted by Gasteiger charge is 2.17. The Labute approximate surface area is 170 Å². The van der Waals surface area contributed by atoms with Gasteiger partial charge in [0.1, 0.15) is 17.2 Å². The predicted molar refractivity (Wildman–Crippen MR) is 111 cm³/mol. The standard InChI is InChI=1S/C22H27FN2O4/c1-14-6-9-19(15(2)12-14)28-11-10-20(26)24-16-7-8-17(23)18(13-16)25-21(27)29-22(3,4)5/h6-9,12-13H,10-11H2,1-5H3,(H,24,26)(H,25,27). The zero-order valence-electron chi connectivity index (χ0n) is 17.4. The number of rotatable bonds is 6. The van der Waals surface area contributed by atoms with Crippen LogP contribution in [0.5, 0.6) is 5.75 Å². The summed E-state index contributed by atoms with van der Waals surface area (Å²) in [5.41, 5.74) is 1.71. The summed E-state index contributed by atoms with van der Waals surface area (Å²) in [6.07, 6.45) is -0.652. The van der Waals surface area contributed by atoms with E-state index >= 15 is 0 Å². The van der Waals surface area contributed by atoms with Gasteiger partial charge in [0.2, 0.25) is 5.91 Å². The first kappa shape index (κ1) is 22.2. The van der Waals surface area contributed by atoms with Gasteiger partial charge in [-0.25, -0.2) is 9.18 Å². The van der Waals surface area contributed by atoms with E-state index in [1.807, 2.05) is 32.0 Å². The topological polar surface area (TPSA) is 76.7 Å². The van der Waals surface area contributed by atoms with Crippen molar-refractivity contribution in [3.8, 4) is 5.75 Å². The highest BCUT2D eigenvalue weighted by molar-refractivity contribution is 5.92. The minimum atomic E-state index is -0.776. The van der Waals surface area contributed by atoms with Crippen LogP contribution in [-0.4, -0.2) is 24.2 Å². The molecule has 2 amide bonds. The Morgan fingerprint density at radius 1 is 1.03 bits per heavy atom. The fourth-order valence-electron chi connectivity index (χ4n) is 2.55. The first-order valence-corrected chi connectivity index (χ1v) is 9.33. The Hall–Kier alpha value is -3.09. The van der Waals surface area contributed by atoms with Crippen molar-refractivity contribution in [1.29, 1.82) is 0 Å². The number of carbonyl (C=O) groups is 2. The molecule has 0 saturated heterocycles. The summed E-state index contributed by atoms with van der Waals surface area (Å²) in [5, 5.41) is 5.01. The van der Waals surface area contributed by atoms with Crippen LogP contribution in [0.15, 0.2) is 36.4 Å². The van der Waals surface area contributed by atoms with E-state index in [-0.39, 0.29) is 24.6 Å². The van der Waals surface area contributed by atoms with Gasteiger partial charge in [0, 0.05) is 5.69 Å². The number of nitrogens with one attached hydrogen (secondary N) is 2. The maximum absolute atomic E-state index is 14.0. The van der Waals surface area contributed by atoms with E-state index in [4.69, 9.17) is 9.47 Å². The average molecular weight is 402 g/mol. The van der Waals surface area contributed by atoms with Crippen LogP contribution in [0.4, 0.5) is 20.6 Å². The average Bonchev–Trinajstić information content (AvgIpc) is 2.58. The molecule has 2 rings (SSSR count). The number of hydrogen-bond acceptors (Lipinski definition) is 4. The minimum Gasteiger partial charge on any atom is -0.493 e. The number of ether oxygens (including phenoxy) is 2. The molecule has 2 aromatic rings. The maximum atomic E-state index is 14.0. The molecular formula is C22H27FN2O4. The zero-order chi connectivity index (χ0) is 21.6. The molecule has 0 heterocycles. The Kier molecular flexibility index (Phi) is 7.20. The molecule has 2 N–H and O–H groups in total. The number of anilines is 2. The van der Waals surface area contributed by atoms with Crippen molar-refractivity contribution >= 4 is 23.4 Å². The van der Waals surface area contributed by atoms with Crippen LogP contribution < -0.4 is 15.4 Å². The molecular weight excluding hydrogens is 375 g/mol. The van der Waals surface area contributed by atoms with Crippen LogP contribution in [0.1, 0.15) is 38.3 Å². The van der Waals surface area contributed by atoms with Crippen LogP contribution in [0, 0.1) is 19.7 Å². The van der Waals surface area contributed by atoms with Crippen LogP contribution in [0.25, 0.3) is 0 Å². The third-order valence-electron chi connectivity index (χ3n) is 3.80. The van der Waals surface area contributed by atoms with Crippen molar-refractivity contribution in [3.05, 3.63) is 53.3 Å². The van der Waals surface area contributed by atoms with E-state index in [1.54, 1.807) is 20.8 Å². The number of carbonyl (C=O) groups excluding carboxylic acids is 2. The largest absolute Gasteiger partial charge is 0.493 e. The van der Waals surface area contributed by atoms with Gasteiger partial charge in [0.15, 0.2) is 0 Å². The Bertz CT molecular complexity index is 891. The van der Waals surface area contributed by atoms with Crippen LogP contribution >= 0.6 is 0 Å². The van der Waals surface area contributed by atoms with Gasteiger partial charge in [0.25, 0.3) is 0 Å². The molecule has 0 unspecified atom stereocenters. The van der Waals surface area contributed by atoms with Crippen molar-refractivity contribution in [3.63, 3.8) is 0 Å². The Morgan fingerprint density at radius 2 is 1.76 bits per heavy atom. The normalized spacial score (nSPS) is 11.0. The monoisotopic (exact) mass is 402 g/mol. The molecule has 0 aromatic heterocycles. The fraction of sp³-hybridized carbons (Fsp3) is 0.364. The third-order valence-corrected chi connectivity index (χ3v) is 3.80. The number of hydrogen-bond donors (Lipinski definition) is 2. The summed E-state index contributed by atoms with van der Waals surface area (Å²) in [6, 6.07) is 9.74. The van der Waals surface area contributed by atoms with Gasteiger partial charge < -0.3 is 14.8 Å². The van der Waals surface area contributed by atoms with Gasteiger partial charge in [-0.1, -0.05) is 17.7 Å². The quantitative estimate of drug-likeness (QED) is 0.696. The lowest BCUT2D eigenvalue weighted by atomic mass is 10.1. The molecule has 0 aliphatic rings. The summed E-state index contributed by atoms with van der Waals surface area (Å²) < 4.78 is 24.7. The number of benzene rings is 2. The molecule has 0 saturated carbocycles. The van der Waals surface area contributed by atoms with Gasteiger partial charge in [-0.2, -0.15) is 0 Å². The van der Waals surface area contributed by atoms with Gasteiger partial charge in [-0.15, -0.1) is 0 Å². The zero-order valence-corrected chi connectivity index (χ0v) is 17.4. The highest BCUT2D eigenvalue weighted by atomic mass is 19.1. The molecule has 0 bridgehead atoms. The van der Waals surface area contributed by atoms with Crippen LogP contribution in [-0.2, 0) is 9.53 Å². The lowest BCUT2D eigenvalue weighted by Gasteiger charge is -2.20. The highest BCUT2D eigenvalue weighted by Crippen LogP contribution is 2.22. The van der Waals surface area contributed by atoms with Gasteiger partial charge in [-0.05, 0) is 64.4 Å². The lowest BCUT2D eigenvalue weighted by Crippen LogP contribution is -2.27. The summed E-state index contributed by atoms with van der Waals surface area (Å²) in [6.45, 7) is 9.28. The second-order valence-corrected chi connectivity index (χ2v) is 7.74. The van der Waals surface area contributed by atoms with Crippen LogP contribution in [0.2, 0.25) is 0 Å². The van der Waals surface area contributed by atoms with Crippen molar-refractivity contribution in [2.24, 2.45) is 0 Å². The molecule has 2 aromatic carbocycles. The molecule has 0 spiro atoms. The van der Waals surface area contributed by atoms with E-state index in [0.29, 0.717) is 5.69 Å². The molecule has 7 heteroatoms. The van der Waals surface area contributed by atoms with E-state index in [9.17, 15) is 14.0 Å². The summed E-state index contributed by atoms with van der Waals surface area (Å²) in [7, 11) is 0. The number of halogens is 1. The van der Waals surface area contributed by atoms with E-state index in [2.05, 4.69) is 10.6 Å². The Morgan fingerprint density at radius 3 is 2.41 bits per heavy atom. The third kappa shape index (κ3) is 7.44. The molecule has 0 aliphatic heterocycles. The second kappa shape index (κ2) is 9.41. The smallest absolute Gasteiger partial charge is 0.412 e. The number of aryl methyl sites for hydroxylation is 2. The van der Waals surface area contributed by atoms with E-state index < -0.39 is 17.5 Å². The summed E-state index contributed by atoms with van der Waals surface area (Å²) in [5.74, 6) is -0.189. The van der Waals surface area contributed by atoms with Gasteiger partial charge in [-0.3, -0.25) is 10.1 Å². The molecule has 0 radical (unpaired) electrons. The SMILES string of the molecule is Cc1ccc(OCCC(=O)Nc2ccc(F)c(NC(=O)OC(C)(C)C)c2)c(C)c1. The van der Waals surface area contributed by atoms with Crippen molar-refractivity contribution in [1.82, 2.24) is 0 Å². The van der Waals surface area contributed by atoms with Gasteiger partial charge >= 0.3 is 6.09 Å². The van der Waals surface area contributed by atoms with Crippen molar-refractivity contribution < 1.29 is 23.5 Å².